The van der Waals surface area contributed by atoms with Crippen molar-refractivity contribution in [3.8, 4) is 0 Å². The quantitative estimate of drug-likeness (QED) is 0.163. The van der Waals surface area contributed by atoms with Gasteiger partial charge in [-0.2, -0.15) is 0 Å². The topological polar surface area (TPSA) is 200 Å². The Morgan fingerprint density at radius 2 is 1.67 bits per heavy atom. The average molecular weight is 592 g/mol. The Hall–Kier alpha value is -3.48. The van der Waals surface area contributed by atoms with Crippen LogP contribution in [0, 0.1) is 17.8 Å². The number of likely N-dealkylation sites (tertiary alicyclic amines) is 1. The molecule has 1 aromatic rings. The maximum atomic E-state index is 13.9. The summed E-state index contributed by atoms with van der Waals surface area (Å²) in [5.74, 6) is -3.16. The molecule has 1 aliphatic heterocycles. The average Bonchev–Trinajstić information content (AvgIpc) is 3.61. The van der Waals surface area contributed by atoms with E-state index in [0.29, 0.717) is 37.8 Å². The lowest BCUT2D eigenvalue weighted by Gasteiger charge is -2.31. The van der Waals surface area contributed by atoms with E-state index in [2.05, 4.69) is 25.9 Å². The fourth-order valence-electron chi connectivity index (χ4n) is 5.12. The Kier molecular flexibility index (Phi) is 13.4. The van der Waals surface area contributed by atoms with Crippen molar-refractivity contribution in [2.75, 3.05) is 6.54 Å². The third-order valence-electron chi connectivity index (χ3n) is 7.61. The van der Waals surface area contributed by atoms with Crippen molar-refractivity contribution < 1.29 is 29.1 Å². The molecule has 6 atom stereocenters. The number of carboxylic acid groups (broad SMARTS) is 1. The Balaban J connectivity index is 2.26. The molecule has 42 heavy (non-hydrogen) atoms. The van der Waals surface area contributed by atoms with Gasteiger partial charge in [0.05, 0.1) is 12.4 Å². The lowest BCUT2D eigenvalue weighted by atomic mass is 9.98. The summed E-state index contributed by atoms with van der Waals surface area (Å²) in [7, 11) is 0. The highest BCUT2D eigenvalue weighted by molar-refractivity contribution is 5.95. The maximum Gasteiger partial charge on any atom is 0.326 e. The molecule has 2 heterocycles. The highest BCUT2D eigenvalue weighted by atomic mass is 16.4. The molecule has 13 nitrogen and oxygen atoms in total. The first-order chi connectivity index (χ1) is 19.7. The van der Waals surface area contributed by atoms with E-state index in [9.17, 15) is 29.1 Å². The van der Waals surface area contributed by atoms with Gasteiger partial charge in [0.2, 0.25) is 23.6 Å². The van der Waals surface area contributed by atoms with E-state index in [1.807, 2.05) is 34.6 Å². The van der Waals surface area contributed by atoms with Crippen molar-refractivity contribution >= 4 is 29.6 Å². The van der Waals surface area contributed by atoms with Gasteiger partial charge in [-0.25, -0.2) is 9.78 Å². The zero-order chi connectivity index (χ0) is 31.6. The molecular formula is C29H49N7O6. The van der Waals surface area contributed by atoms with Gasteiger partial charge in [0.1, 0.15) is 24.2 Å². The van der Waals surface area contributed by atoms with Crippen LogP contribution in [-0.4, -0.2) is 86.3 Å². The number of aromatic amines is 1. The molecule has 0 aromatic carbocycles. The molecule has 236 valence electrons. The molecule has 0 unspecified atom stereocenters. The summed E-state index contributed by atoms with van der Waals surface area (Å²) in [5, 5.41) is 17.8. The predicted molar refractivity (Wildman–Crippen MR) is 157 cm³/mol. The van der Waals surface area contributed by atoms with E-state index in [1.54, 1.807) is 13.1 Å². The summed E-state index contributed by atoms with van der Waals surface area (Å²) in [6, 6.07) is -4.71. The highest BCUT2D eigenvalue weighted by Gasteiger charge is 2.40. The van der Waals surface area contributed by atoms with Gasteiger partial charge >= 0.3 is 5.97 Å². The molecule has 2 rings (SSSR count). The highest BCUT2D eigenvalue weighted by Crippen LogP contribution is 2.21. The summed E-state index contributed by atoms with van der Waals surface area (Å²) in [6.07, 6.45) is 5.35. The standard InChI is InChI=1S/C29H49N7O6/c1-7-18(6)24(29(41)42)35-27(39)23-9-8-10-36(23)28(40)22(13-19-14-31-15-32-19)34-26(38)21(12-17(4)5)33-25(37)20(30)11-16(2)3/h14-18,20-24H,7-13,30H2,1-6H3,(H,31,32)(H,33,37)(H,34,38)(H,35,39)(H,41,42)/t18-,20-,21-,22-,23-,24-/m0/s1. The summed E-state index contributed by atoms with van der Waals surface area (Å²) in [6.45, 7) is 11.6. The van der Waals surface area contributed by atoms with Gasteiger partial charge in [0.15, 0.2) is 0 Å². The van der Waals surface area contributed by atoms with Gasteiger partial charge in [-0.1, -0.05) is 48.0 Å². The fraction of sp³-hybridized carbons (Fsp3) is 0.724. The Labute approximate surface area is 248 Å². The molecule has 0 bridgehead atoms. The zero-order valence-electron chi connectivity index (χ0n) is 25.7. The molecular weight excluding hydrogens is 542 g/mol. The number of amides is 4. The van der Waals surface area contributed by atoms with Crippen molar-refractivity contribution in [2.24, 2.45) is 23.5 Å². The molecule has 0 spiro atoms. The summed E-state index contributed by atoms with van der Waals surface area (Å²) in [4.78, 5) is 73.6. The fourth-order valence-corrected chi connectivity index (χ4v) is 5.12. The molecule has 7 N–H and O–H groups in total. The van der Waals surface area contributed by atoms with Crippen LogP contribution in [0.25, 0.3) is 0 Å². The van der Waals surface area contributed by atoms with Crippen LogP contribution in [0.2, 0.25) is 0 Å². The first-order valence-corrected chi connectivity index (χ1v) is 14.9. The van der Waals surface area contributed by atoms with Crippen LogP contribution in [0.3, 0.4) is 0 Å². The number of carbonyl (C=O) groups excluding carboxylic acids is 4. The number of rotatable bonds is 16. The number of aliphatic carboxylic acids is 1. The van der Waals surface area contributed by atoms with Crippen LogP contribution in [-0.2, 0) is 30.4 Å². The Morgan fingerprint density at radius 3 is 2.21 bits per heavy atom. The number of imidazole rings is 1. The second kappa shape index (κ2) is 16.2. The Bertz CT molecular complexity index is 1060. The molecule has 1 aromatic heterocycles. The van der Waals surface area contributed by atoms with Crippen LogP contribution in [0.4, 0.5) is 0 Å². The number of nitrogens with two attached hydrogens (primary N) is 1. The van der Waals surface area contributed by atoms with Crippen LogP contribution in [0.15, 0.2) is 12.5 Å². The minimum atomic E-state index is -1.13. The van der Waals surface area contributed by atoms with E-state index in [-0.39, 0.29) is 30.7 Å². The normalized spacial score (nSPS) is 18.7. The summed E-state index contributed by atoms with van der Waals surface area (Å²) in [5.41, 5.74) is 6.65. The number of hydrogen-bond donors (Lipinski definition) is 6. The van der Waals surface area contributed by atoms with Crippen LogP contribution in [0.5, 0.6) is 0 Å². The minimum Gasteiger partial charge on any atom is -0.480 e. The van der Waals surface area contributed by atoms with E-state index >= 15 is 0 Å². The number of nitrogens with zero attached hydrogens (tertiary/aromatic N) is 2. The lowest BCUT2D eigenvalue weighted by Crippen LogP contribution is -2.59. The van der Waals surface area contributed by atoms with Crippen LogP contribution >= 0.6 is 0 Å². The van der Waals surface area contributed by atoms with Gasteiger partial charge in [-0.3, -0.25) is 19.2 Å². The number of carboxylic acids is 1. The summed E-state index contributed by atoms with van der Waals surface area (Å²) < 4.78 is 0. The first-order valence-electron chi connectivity index (χ1n) is 14.9. The van der Waals surface area contributed by atoms with Gasteiger partial charge in [0.25, 0.3) is 0 Å². The first kappa shape index (κ1) is 34.7. The van der Waals surface area contributed by atoms with Crippen LogP contribution < -0.4 is 21.7 Å². The smallest absolute Gasteiger partial charge is 0.326 e. The third-order valence-corrected chi connectivity index (χ3v) is 7.61. The third kappa shape index (κ3) is 10.1. The predicted octanol–water partition coefficient (Wildman–Crippen LogP) is 0.948. The molecule has 0 aliphatic carbocycles. The van der Waals surface area contributed by atoms with E-state index in [0.717, 1.165) is 0 Å². The molecule has 0 radical (unpaired) electrons. The molecule has 1 fully saturated rings. The molecule has 0 saturated carbocycles. The number of H-pyrrole nitrogens is 1. The number of aromatic nitrogens is 2. The number of nitrogens with one attached hydrogen (secondary N) is 4. The zero-order valence-corrected chi connectivity index (χ0v) is 25.7. The van der Waals surface area contributed by atoms with Gasteiger partial charge in [-0.05, 0) is 43.4 Å². The van der Waals surface area contributed by atoms with Crippen LogP contribution in [0.1, 0.15) is 79.3 Å². The molecule has 4 amide bonds. The summed E-state index contributed by atoms with van der Waals surface area (Å²) >= 11 is 0. The van der Waals surface area contributed by atoms with Crippen molar-refractivity contribution in [3.05, 3.63) is 18.2 Å². The molecule has 1 saturated heterocycles. The lowest BCUT2D eigenvalue weighted by molar-refractivity contribution is -0.146. The maximum absolute atomic E-state index is 13.9. The minimum absolute atomic E-state index is 0.0588. The van der Waals surface area contributed by atoms with E-state index in [1.165, 1.54) is 11.2 Å². The molecule has 1 aliphatic rings. The van der Waals surface area contributed by atoms with E-state index in [4.69, 9.17) is 5.73 Å². The van der Waals surface area contributed by atoms with Crippen molar-refractivity contribution in [2.45, 2.75) is 110 Å². The Morgan fingerprint density at radius 1 is 1.02 bits per heavy atom. The molecule has 13 heteroatoms. The second-order valence-electron chi connectivity index (χ2n) is 12.2. The second-order valence-corrected chi connectivity index (χ2v) is 12.2. The van der Waals surface area contributed by atoms with Crippen molar-refractivity contribution in [1.29, 1.82) is 0 Å². The van der Waals surface area contributed by atoms with Gasteiger partial charge in [0, 0.05) is 24.9 Å². The monoisotopic (exact) mass is 591 g/mol. The number of hydrogen-bond acceptors (Lipinski definition) is 7. The van der Waals surface area contributed by atoms with Crippen molar-refractivity contribution in [3.63, 3.8) is 0 Å². The SMILES string of the molecule is CC[C@H](C)[C@H](NC(=O)[C@@H]1CCCN1C(=O)[C@H](Cc1cnc[nH]1)NC(=O)[C@H](CC(C)C)NC(=O)[C@@H](N)CC(C)C)C(=O)O. The van der Waals surface area contributed by atoms with E-state index < -0.39 is 59.8 Å². The van der Waals surface area contributed by atoms with Gasteiger partial charge in [-0.15, -0.1) is 0 Å². The van der Waals surface area contributed by atoms with Crippen molar-refractivity contribution in [1.82, 2.24) is 30.8 Å². The largest absolute Gasteiger partial charge is 0.480 e. The number of carbonyl (C=O) groups is 5. The van der Waals surface area contributed by atoms with Gasteiger partial charge < -0.3 is 36.7 Å².